The highest BCUT2D eigenvalue weighted by Gasteiger charge is 2.23. The van der Waals surface area contributed by atoms with Crippen LogP contribution in [0.1, 0.15) is 91.9 Å². The van der Waals surface area contributed by atoms with Crippen LogP contribution in [0.5, 0.6) is 0 Å². The van der Waals surface area contributed by atoms with Gasteiger partial charge >= 0.3 is 0 Å². The third kappa shape index (κ3) is 6.22. The van der Waals surface area contributed by atoms with Gasteiger partial charge in [-0.2, -0.15) is 0 Å². The summed E-state index contributed by atoms with van der Waals surface area (Å²) in [6.45, 7) is 12.2. The SMILES string of the molecule is CC(C)CC1CCC(CCCC2CCN(C(C)C)CC2)CC1. The van der Waals surface area contributed by atoms with Gasteiger partial charge in [0.25, 0.3) is 0 Å². The molecule has 0 aromatic rings. The molecule has 0 bridgehead atoms. The Morgan fingerprint density at radius 1 is 0.727 bits per heavy atom. The van der Waals surface area contributed by atoms with E-state index in [1.807, 2.05) is 0 Å². The van der Waals surface area contributed by atoms with Crippen LogP contribution in [0, 0.1) is 23.7 Å². The molecule has 22 heavy (non-hydrogen) atoms. The highest BCUT2D eigenvalue weighted by atomic mass is 15.1. The molecule has 1 nitrogen and oxygen atoms in total. The third-order valence-corrected chi connectivity index (χ3v) is 6.38. The average molecular weight is 308 g/mol. The van der Waals surface area contributed by atoms with Gasteiger partial charge < -0.3 is 4.90 Å². The lowest BCUT2D eigenvalue weighted by Gasteiger charge is -2.35. The molecular formula is C21H41N. The van der Waals surface area contributed by atoms with E-state index in [1.165, 1.54) is 77.3 Å². The molecule has 1 aliphatic heterocycles. The minimum atomic E-state index is 0.752. The highest BCUT2D eigenvalue weighted by Crippen LogP contribution is 2.35. The molecule has 1 saturated heterocycles. The van der Waals surface area contributed by atoms with Crippen molar-refractivity contribution in [2.75, 3.05) is 13.1 Å². The van der Waals surface area contributed by atoms with Gasteiger partial charge in [-0.1, -0.05) is 58.8 Å². The van der Waals surface area contributed by atoms with E-state index < -0.39 is 0 Å². The summed E-state index contributed by atoms with van der Waals surface area (Å²) in [5.74, 6) is 4.06. The summed E-state index contributed by atoms with van der Waals surface area (Å²) in [6, 6.07) is 0.752. The second kappa shape index (κ2) is 9.30. The smallest absolute Gasteiger partial charge is 0.00385 e. The molecule has 130 valence electrons. The molecule has 0 atom stereocenters. The first kappa shape index (κ1) is 18.3. The summed E-state index contributed by atoms with van der Waals surface area (Å²) in [4.78, 5) is 2.66. The Morgan fingerprint density at radius 3 is 1.73 bits per heavy atom. The summed E-state index contributed by atoms with van der Waals surface area (Å²) in [7, 11) is 0. The minimum absolute atomic E-state index is 0.752. The van der Waals surface area contributed by atoms with E-state index in [2.05, 4.69) is 32.6 Å². The lowest BCUT2D eigenvalue weighted by molar-refractivity contribution is 0.142. The Balaban J connectivity index is 1.53. The van der Waals surface area contributed by atoms with E-state index in [-0.39, 0.29) is 0 Å². The van der Waals surface area contributed by atoms with Gasteiger partial charge in [-0.25, -0.2) is 0 Å². The van der Waals surface area contributed by atoms with Crippen molar-refractivity contribution < 1.29 is 0 Å². The zero-order valence-corrected chi connectivity index (χ0v) is 15.8. The standard InChI is InChI=1S/C21H41N/c1-17(2)16-21-10-8-19(9-11-21)6-5-7-20-12-14-22(15-13-20)18(3)4/h17-21H,5-16H2,1-4H3. The first-order valence-electron chi connectivity index (χ1n) is 10.3. The Kier molecular flexibility index (Phi) is 7.74. The monoisotopic (exact) mass is 307 g/mol. The van der Waals surface area contributed by atoms with E-state index in [0.717, 1.165) is 29.7 Å². The summed E-state index contributed by atoms with van der Waals surface area (Å²) in [6.07, 6.45) is 15.0. The molecule has 2 fully saturated rings. The van der Waals surface area contributed by atoms with Crippen LogP contribution in [0.3, 0.4) is 0 Å². The minimum Gasteiger partial charge on any atom is -0.301 e. The van der Waals surface area contributed by atoms with Gasteiger partial charge in [0.05, 0.1) is 0 Å². The zero-order valence-electron chi connectivity index (χ0n) is 15.8. The van der Waals surface area contributed by atoms with Gasteiger partial charge in [0.15, 0.2) is 0 Å². The first-order chi connectivity index (χ1) is 10.5. The van der Waals surface area contributed by atoms with Gasteiger partial charge in [0.1, 0.15) is 0 Å². The van der Waals surface area contributed by atoms with Crippen LogP contribution in [0.2, 0.25) is 0 Å². The second-order valence-corrected chi connectivity index (χ2v) is 9.02. The Hall–Kier alpha value is -0.0400. The van der Waals surface area contributed by atoms with Crippen LogP contribution >= 0.6 is 0 Å². The van der Waals surface area contributed by atoms with Crippen molar-refractivity contribution in [3.05, 3.63) is 0 Å². The molecule has 0 unspecified atom stereocenters. The molecule has 1 aliphatic carbocycles. The van der Waals surface area contributed by atoms with E-state index in [1.54, 1.807) is 0 Å². The molecule has 2 aliphatic rings. The number of nitrogens with zero attached hydrogens (tertiary/aromatic N) is 1. The van der Waals surface area contributed by atoms with Crippen molar-refractivity contribution in [3.63, 3.8) is 0 Å². The highest BCUT2D eigenvalue weighted by molar-refractivity contribution is 4.76. The fourth-order valence-corrected chi connectivity index (χ4v) is 4.88. The number of hydrogen-bond acceptors (Lipinski definition) is 1. The van der Waals surface area contributed by atoms with Crippen LogP contribution in [0.4, 0.5) is 0 Å². The van der Waals surface area contributed by atoms with Crippen LogP contribution in [-0.2, 0) is 0 Å². The van der Waals surface area contributed by atoms with Crippen LogP contribution in [0.25, 0.3) is 0 Å². The van der Waals surface area contributed by atoms with E-state index in [9.17, 15) is 0 Å². The molecule has 0 amide bonds. The van der Waals surface area contributed by atoms with E-state index >= 15 is 0 Å². The molecule has 0 N–H and O–H groups in total. The lowest BCUT2D eigenvalue weighted by atomic mass is 9.76. The van der Waals surface area contributed by atoms with Crippen LogP contribution in [-0.4, -0.2) is 24.0 Å². The largest absolute Gasteiger partial charge is 0.301 e. The topological polar surface area (TPSA) is 3.24 Å². The molecule has 1 heterocycles. The van der Waals surface area contributed by atoms with Gasteiger partial charge in [0.2, 0.25) is 0 Å². The summed E-state index contributed by atoms with van der Waals surface area (Å²) >= 11 is 0. The predicted octanol–water partition coefficient (Wildman–Crippen LogP) is 6.13. The third-order valence-electron chi connectivity index (χ3n) is 6.38. The quantitative estimate of drug-likeness (QED) is 0.547. The van der Waals surface area contributed by atoms with Crippen molar-refractivity contribution in [1.82, 2.24) is 4.90 Å². The van der Waals surface area contributed by atoms with Crippen molar-refractivity contribution in [3.8, 4) is 0 Å². The normalized spacial score (nSPS) is 28.6. The molecule has 0 radical (unpaired) electrons. The fraction of sp³-hybridized carbons (Fsp3) is 1.00. The first-order valence-corrected chi connectivity index (χ1v) is 10.3. The van der Waals surface area contributed by atoms with Crippen molar-refractivity contribution in [2.45, 2.75) is 97.9 Å². The number of piperidine rings is 1. The Labute approximate surface area is 140 Å². The van der Waals surface area contributed by atoms with Crippen molar-refractivity contribution in [1.29, 1.82) is 0 Å². The molecule has 1 saturated carbocycles. The predicted molar refractivity (Wildman–Crippen MR) is 98.2 cm³/mol. The molecule has 0 aromatic carbocycles. The molecule has 0 aromatic heterocycles. The number of rotatable bonds is 7. The van der Waals surface area contributed by atoms with Gasteiger partial charge in [-0.15, -0.1) is 0 Å². The number of likely N-dealkylation sites (tertiary alicyclic amines) is 1. The second-order valence-electron chi connectivity index (χ2n) is 9.02. The van der Waals surface area contributed by atoms with Gasteiger partial charge in [-0.3, -0.25) is 0 Å². The van der Waals surface area contributed by atoms with Crippen molar-refractivity contribution in [2.24, 2.45) is 23.7 Å². The van der Waals surface area contributed by atoms with E-state index in [0.29, 0.717) is 0 Å². The van der Waals surface area contributed by atoms with Crippen molar-refractivity contribution >= 4 is 0 Å². The lowest BCUT2D eigenvalue weighted by Crippen LogP contribution is -2.38. The molecular weight excluding hydrogens is 266 g/mol. The Bertz CT molecular complexity index is 280. The van der Waals surface area contributed by atoms with Crippen LogP contribution in [0.15, 0.2) is 0 Å². The molecule has 1 heteroatoms. The zero-order chi connectivity index (χ0) is 15.9. The molecule has 0 spiro atoms. The molecule has 2 rings (SSSR count). The Morgan fingerprint density at radius 2 is 1.23 bits per heavy atom. The van der Waals surface area contributed by atoms with Gasteiger partial charge in [-0.05, 0) is 69.9 Å². The fourth-order valence-electron chi connectivity index (χ4n) is 4.88. The summed E-state index contributed by atoms with van der Waals surface area (Å²) in [5.41, 5.74) is 0. The number of hydrogen-bond donors (Lipinski definition) is 0. The van der Waals surface area contributed by atoms with Crippen LogP contribution < -0.4 is 0 Å². The summed E-state index contributed by atoms with van der Waals surface area (Å²) in [5, 5.41) is 0. The maximum atomic E-state index is 2.66. The van der Waals surface area contributed by atoms with Gasteiger partial charge in [0, 0.05) is 6.04 Å². The van der Waals surface area contributed by atoms with E-state index in [4.69, 9.17) is 0 Å². The maximum Gasteiger partial charge on any atom is 0.00385 e. The average Bonchev–Trinajstić information content (AvgIpc) is 2.49. The summed E-state index contributed by atoms with van der Waals surface area (Å²) < 4.78 is 0. The maximum absolute atomic E-state index is 2.66.